The SMILES string of the molecule is CCc1ccccc1N1CC(c2nc(-c3cc(C)ccc3C)no2)CC1=O. The Morgan fingerprint density at radius 3 is 2.81 bits per heavy atom. The molecule has 5 heteroatoms. The number of carbonyl (C=O) groups excluding carboxylic acids is 1. The summed E-state index contributed by atoms with van der Waals surface area (Å²) in [4.78, 5) is 19.1. The van der Waals surface area contributed by atoms with Gasteiger partial charge in [0.25, 0.3) is 0 Å². The van der Waals surface area contributed by atoms with Gasteiger partial charge in [-0.2, -0.15) is 4.98 Å². The highest BCUT2D eigenvalue weighted by Crippen LogP contribution is 2.34. The number of aromatic nitrogens is 2. The fourth-order valence-electron chi connectivity index (χ4n) is 3.67. The van der Waals surface area contributed by atoms with Gasteiger partial charge < -0.3 is 9.42 Å². The molecule has 1 unspecified atom stereocenters. The molecule has 1 amide bonds. The van der Waals surface area contributed by atoms with Crippen molar-refractivity contribution in [3.63, 3.8) is 0 Å². The normalized spacial score (nSPS) is 16.9. The summed E-state index contributed by atoms with van der Waals surface area (Å²) in [5.74, 6) is 1.16. The third-order valence-corrected chi connectivity index (χ3v) is 5.21. The first-order valence-electron chi connectivity index (χ1n) is 9.36. The van der Waals surface area contributed by atoms with E-state index in [1.54, 1.807) is 0 Å². The molecule has 0 saturated carbocycles. The van der Waals surface area contributed by atoms with E-state index in [0.717, 1.165) is 28.8 Å². The first-order valence-corrected chi connectivity index (χ1v) is 9.36. The van der Waals surface area contributed by atoms with Crippen LogP contribution < -0.4 is 4.90 Å². The van der Waals surface area contributed by atoms with Crippen LogP contribution in [-0.2, 0) is 11.2 Å². The molecule has 27 heavy (non-hydrogen) atoms. The second-order valence-corrected chi connectivity index (χ2v) is 7.16. The van der Waals surface area contributed by atoms with Crippen molar-refractivity contribution in [1.82, 2.24) is 10.1 Å². The topological polar surface area (TPSA) is 59.2 Å². The van der Waals surface area contributed by atoms with Crippen LogP contribution in [0.3, 0.4) is 0 Å². The monoisotopic (exact) mass is 361 g/mol. The molecule has 5 nitrogen and oxygen atoms in total. The second kappa shape index (κ2) is 6.99. The maximum Gasteiger partial charge on any atom is 0.232 e. The van der Waals surface area contributed by atoms with Gasteiger partial charge in [-0.25, -0.2) is 0 Å². The summed E-state index contributed by atoms with van der Waals surface area (Å²) in [6, 6.07) is 14.3. The van der Waals surface area contributed by atoms with E-state index < -0.39 is 0 Å². The van der Waals surface area contributed by atoms with Crippen LogP contribution in [0.4, 0.5) is 5.69 Å². The molecule has 4 rings (SSSR count). The Morgan fingerprint density at radius 2 is 2.00 bits per heavy atom. The van der Waals surface area contributed by atoms with E-state index in [2.05, 4.69) is 41.3 Å². The molecule has 1 aliphatic heterocycles. The van der Waals surface area contributed by atoms with Gasteiger partial charge in [0.15, 0.2) is 0 Å². The van der Waals surface area contributed by atoms with Crippen molar-refractivity contribution in [2.24, 2.45) is 0 Å². The van der Waals surface area contributed by atoms with Crippen LogP contribution in [0.1, 0.15) is 41.8 Å². The number of amides is 1. The quantitative estimate of drug-likeness (QED) is 0.689. The van der Waals surface area contributed by atoms with Gasteiger partial charge in [0.2, 0.25) is 17.6 Å². The summed E-state index contributed by atoms with van der Waals surface area (Å²) in [7, 11) is 0. The number of anilines is 1. The molecule has 0 spiro atoms. The minimum atomic E-state index is -0.0752. The standard InChI is InChI=1S/C22H23N3O2/c1-4-16-7-5-6-8-19(16)25-13-17(12-20(25)26)22-23-21(24-27-22)18-11-14(2)9-10-15(18)3/h5-11,17H,4,12-13H2,1-3H3. The Labute approximate surface area is 159 Å². The van der Waals surface area contributed by atoms with Crippen molar-refractivity contribution < 1.29 is 9.32 Å². The van der Waals surface area contributed by atoms with Gasteiger partial charge in [-0.05, 0) is 43.5 Å². The number of hydrogen-bond acceptors (Lipinski definition) is 4. The van der Waals surface area contributed by atoms with E-state index in [9.17, 15) is 4.79 Å². The lowest BCUT2D eigenvalue weighted by Gasteiger charge is -2.19. The first-order chi connectivity index (χ1) is 13.1. The lowest BCUT2D eigenvalue weighted by molar-refractivity contribution is -0.117. The summed E-state index contributed by atoms with van der Waals surface area (Å²) < 4.78 is 5.55. The van der Waals surface area contributed by atoms with Gasteiger partial charge in [0.05, 0.1) is 5.92 Å². The molecule has 2 heterocycles. The molecule has 1 aliphatic rings. The number of nitrogens with zero attached hydrogens (tertiary/aromatic N) is 3. The molecule has 1 atom stereocenters. The van der Waals surface area contributed by atoms with Gasteiger partial charge in [0, 0.05) is 24.2 Å². The van der Waals surface area contributed by atoms with Crippen LogP contribution in [-0.4, -0.2) is 22.6 Å². The summed E-state index contributed by atoms with van der Waals surface area (Å²) in [5, 5.41) is 4.17. The predicted octanol–water partition coefficient (Wildman–Crippen LogP) is 4.44. The van der Waals surface area contributed by atoms with Gasteiger partial charge in [-0.15, -0.1) is 0 Å². The fourth-order valence-corrected chi connectivity index (χ4v) is 3.67. The number of rotatable bonds is 4. The number of hydrogen-bond donors (Lipinski definition) is 0. The van der Waals surface area contributed by atoms with Crippen LogP contribution >= 0.6 is 0 Å². The molecule has 2 aromatic carbocycles. The highest BCUT2D eigenvalue weighted by molar-refractivity contribution is 5.97. The molecule has 0 bridgehead atoms. The summed E-state index contributed by atoms with van der Waals surface area (Å²) in [6.07, 6.45) is 1.29. The van der Waals surface area contributed by atoms with Crippen LogP contribution in [0.15, 0.2) is 47.0 Å². The minimum Gasteiger partial charge on any atom is -0.339 e. The molecule has 1 saturated heterocycles. The molecule has 1 aromatic heterocycles. The Morgan fingerprint density at radius 1 is 1.19 bits per heavy atom. The lowest BCUT2D eigenvalue weighted by atomic mass is 10.1. The molecular weight excluding hydrogens is 338 g/mol. The van der Waals surface area contributed by atoms with Crippen molar-refractivity contribution in [2.75, 3.05) is 11.4 Å². The van der Waals surface area contributed by atoms with Crippen molar-refractivity contribution >= 4 is 11.6 Å². The zero-order chi connectivity index (χ0) is 19.0. The van der Waals surface area contributed by atoms with Crippen molar-refractivity contribution in [3.8, 4) is 11.4 Å². The highest BCUT2D eigenvalue weighted by Gasteiger charge is 2.35. The second-order valence-electron chi connectivity index (χ2n) is 7.16. The lowest BCUT2D eigenvalue weighted by Crippen LogP contribution is -2.25. The first kappa shape index (κ1) is 17.5. The number of para-hydroxylation sites is 1. The van der Waals surface area contributed by atoms with E-state index >= 15 is 0 Å². The fraction of sp³-hybridized carbons (Fsp3) is 0.318. The van der Waals surface area contributed by atoms with Crippen LogP contribution in [0, 0.1) is 13.8 Å². The van der Waals surface area contributed by atoms with Crippen molar-refractivity contribution in [3.05, 3.63) is 65.0 Å². The summed E-state index contributed by atoms with van der Waals surface area (Å²) in [5.41, 5.74) is 5.40. The Bertz CT molecular complexity index is 993. The van der Waals surface area contributed by atoms with Gasteiger partial charge in [-0.1, -0.05) is 48.0 Å². The number of carbonyl (C=O) groups is 1. The van der Waals surface area contributed by atoms with Crippen LogP contribution in [0.25, 0.3) is 11.4 Å². The molecule has 0 aliphatic carbocycles. The molecule has 3 aromatic rings. The van der Waals surface area contributed by atoms with Crippen LogP contribution in [0.5, 0.6) is 0 Å². The zero-order valence-electron chi connectivity index (χ0n) is 15.9. The largest absolute Gasteiger partial charge is 0.339 e. The molecular formula is C22H23N3O2. The maximum atomic E-state index is 12.6. The average molecular weight is 361 g/mol. The number of benzene rings is 2. The summed E-state index contributed by atoms with van der Waals surface area (Å²) >= 11 is 0. The number of aryl methyl sites for hydroxylation is 3. The Kier molecular flexibility index (Phi) is 4.52. The van der Waals surface area contributed by atoms with Gasteiger partial charge >= 0.3 is 0 Å². The third-order valence-electron chi connectivity index (χ3n) is 5.21. The van der Waals surface area contributed by atoms with E-state index in [1.165, 1.54) is 5.56 Å². The molecule has 1 fully saturated rings. The van der Waals surface area contributed by atoms with E-state index in [1.807, 2.05) is 36.9 Å². The van der Waals surface area contributed by atoms with E-state index in [4.69, 9.17) is 4.52 Å². The summed E-state index contributed by atoms with van der Waals surface area (Å²) in [6.45, 7) is 6.76. The predicted molar refractivity (Wildman–Crippen MR) is 105 cm³/mol. The Hall–Kier alpha value is -2.95. The maximum absolute atomic E-state index is 12.6. The Balaban J connectivity index is 1.60. The van der Waals surface area contributed by atoms with Gasteiger partial charge in [0.1, 0.15) is 0 Å². The van der Waals surface area contributed by atoms with Crippen LogP contribution in [0.2, 0.25) is 0 Å². The third kappa shape index (κ3) is 3.25. The minimum absolute atomic E-state index is 0.0752. The van der Waals surface area contributed by atoms with E-state index in [0.29, 0.717) is 24.7 Å². The average Bonchev–Trinajstić information content (AvgIpc) is 3.30. The molecule has 0 radical (unpaired) electrons. The van der Waals surface area contributed by atoms with Crippen molar-refractivity contribution in [2.45, 2.75) is 39.5 Å². The van der Waals surface area contributed by atoms with Crippen molar-refractivity contribution in [1.29, 1.82) is 0 Å². The van der Waals surface area contributed by atoms with Gasteiger partial charge in [-0.3, -0.25) is 4.79 Å². The molecule has 138 valence electrons. The zero-order valence-corrected chi connectivity index (χ0v) is 15.9. The highest BCUT2D eigenvalue weighted by atomic mass is 16.5. The van der Waals surface area contributed by atoms with E-state index in [-0.39, 0.29) is 11.8 Å². The molecule has 0 N–H and O–H groups in total. The smallest absolute Gasteiger partial charge is 0.232 e.